The number of piperazine rings is 1. The van der Waals surface area contributed by atoms with Gasteiger partial charge in [-0.1, -0.05) is 18.5 Å². The molecular weight excluding hydrogens is 529 g/mol. The van der Waals surface area contributed by atoms with Gasteiger partial charge in [-0.25, -0.2) is 17.4 Å². The van der Waals surface area contributed by atoms with Crippen molar-refractivity contribution in [2.75, 3.05) is 60.2 Å². The Morgan fingerprint density at radius 1 is 1.24 bits per heavy atom. The number of pyridine rings is 1. The van der Waals surface area contributed by atoms with Gasteiger partial charge in [-0.3, -0.25) is 9.73 Å². The molecule has 3 N–H and O–H groups in total. The van der Waals surface area contributed by atoms with Gasteiger partial charge in [0, 0.05) is 12.1 Å². The fourth-order valence-electron chi connectivity index (χ4n) is 5.24. The van der Waals surface area contributed by atoms with Crippen LogP contribution in [0.15, 0.2) is 36.8 Å². The van der Waals surface area contributed by atoms with Crippen molar-refractivity contribution in [3.63, 3.8) is 0 Å². The Bertz CT molecular complexity index is 1340. The maximum absolute atomic E-state index is 14.9. The molecule has 0 bridgehead atoms. The number of hydrazine groups is 2. The fraction of sp³-hybridized carbons (Fsp3) is 0.500. The number of aryl methyl sites for hydroxylation is 1. The van der Waals surface area contributed by atoms with Crippen molar-refractivity contribution < 1.29 is 21.9 Å². The molecule has 0 spiro atoms. The van der Waals surface area contributed by atoms with Gasteiger partial charge in [0.05, 0.1) is 67.5 Å². The normalized spacial score (nSPS) is 19.3. The molecule has 3 heterocycles. The molecule has 2 fully saturated rings. The van der Waals surface area contributed by atoms with Gasteiger partial charge >= 0.3 is 0 Å². The first-order valence-electron chi connectivity index (χ1n) is 13.2. The molecule has 0 radical (unpaired) electrons. The molecule has 5 rings (SSSR count). The van der Waals surface area contributed by atoms with Gasteiger partial charge in [-0.15, -0.1) is 5.53 Å². The lowest BCUT2D eigenvalue weighted by Gasteiger charge is -2.42. The van der Waals surface area contributed by atoms with Crippen LogP contribution in [0.2, 0.25) is 5.02 Å². The second-order valence-corrected chi connectivity index (χ2v) is 13.2. The Morgan fingerprint density at radius 3 is 2.66 bits per heavy atom. The Labute approximate surface area is 229 Å². The number of hydrogen-bond donors (Lipinski definition) is 3. The van der Waals surface area contributed by atoms with E-state index in [4.69, 9.17) is 11.6 Å². The largest absolute Gasteiger partial charge is 0.355 e. The number of hydrogen-bond acceptors (Lipinski definition) is 6. The third kappa shape index (κ3) is 6.01. The topological polar surface area (TPSA) is 80.6 Å². The molecule has 2 aliphatic heterocycles. The molecule has 0 atom stereocenters. The van der Waals surface area contributed by atoms with Gasteiger partial charge in [0.15, 0.2) is 12.4 Å². The minimum atomic E-state index is -3.58. The van der Waals surface area contributed by atoms with E-state index >= 15 is 0 Å². The summed E-state index contributed by atoms with van der Waals surface area (Å²) >= 11 is 6.49. The Morgan fingerprint density at radius 2 is 1.97 bits per heavy atom. The van der Waals surface area contributed by atoms with Crippen LogP contribution in [0, 0.1) is 11.7 Å². The van der Waals surface area contributed by atoms with E-state index in [1.807, 2.05) is 17.8 Å². The van der Waals surface area contributed by atoms with Crippen LogP contribution >= 0.6 is 11.6 Å². The second kappa shape index (κ2) is 10.5. The number of sulfonamides is 1. The van der Waals surface area contributed by atoms with Crippen LogP contribution in [-0.4, -0.2) is 58.4 Å². The predicted molar refractivity (Wildman–Crippen MR) is 149 cm³/mol. The number of aromatic nitrogens is 1. The zero-order valence-corrected chi connectivity index (χ0v) is 23.7. The van der Waals surface area contributed by atoms with Crippen LogP contribution in [0.1, 0.15) is 31.7 Å². The predicted octanol–water partition coefficient (Wildman–Crippen LogP) is 2.96. The van der Waals surface area contributed by atoms with Gasteiger partial charge in [0.2, 0.25) is 10.0 Å². The molecule has 1 aliphatic carbocycles. The summed E-state index contributed by atoms with van der Waals surface area (Å²) < 4.78 is 45.1. The first kappa shape index (κ1) is 27.0. The lowest BCUT2D eigenvalue weighted by atomic mass is 10.1. The van der Waals surface area contributed by atoms with Gasteiger partial charge in [0.1, 0.15) is 24.2 Å². The Hall–Kier alpha value is -2.60. The number of benzene rings is 1. The summed E-state index contributed by atoms with van der Waals surface area (Å²) in [6, 6.07) is 4.66. The van der Waals surface area contributed by atoms with Crippen molar-refractivity contribution in [2.45, 2.75) is 26.2 Å². The summed E-state index contributed by atoms with van der Waals surface area (Å²) in [4.78, 5) is 2.43. The third-order valence-corrected chi connectivity index (χ3v) is 9.35. The SMILES string of the molecule is CCCS(=O)(=O)Nc1ccc(F)c(N2C=C(c3cc(N4CC[N+](C)(CC5CC5)CC4)c[n+](C)c3)NN2)c1Cl. The van der Waals surface area contributed by atoms with E-state index in [9.17, 15) is 12.8 Å². The van der Waals surface area contributed by atoms with Crippen molar-refractivity contribution in [1.29, 1.82) is 0 Å². The van der Waals surface area contributed by atoms with Gasteiger partial charge in [0.25, 0.3) is 0 Å². The lowest BCUT2D eigenvalue weighted by Crippen LogP contribution is -2.58. The van der Waals surface area contributed by atoms with E-state index in [2.05, 4.69) is 39.9 Å². The van der Waals surface area contributed by atoms with E-state index in [0.29, 0.717) is 6.42 Å². The smallest absolute Gasteiger partial charge is 0.232 e. The average molecular weight is 566 g/mol. The van der Waals surface area contributed by atoms with Gasteiger partial charge < -0.3 is 14.8 Å². The van der Waals surface area contributed by atoms with E-state index in [0.717, 1.165) is 53.5 Å². The molecule has 0 amide bonds. The molecule has 1 aromatic heterocycles. The van der Waals surface area contributed by atoms with Crippen LogP contribution in [0.4, 0.5) is 21.5 Å². The van der Waals surface area contributed by atoms with Crippen molar-refractivity contribution in [3.05, 3.63) is 53.2 Å². The molecule has 9 nitrogen and oxygen atoms in total. The van der Waals surface area contributed by atoms with Crippen molar-refractivity contribution in [1.82, 2.24) is 11.0 Å². The quantitative estimate of drug-likeness (QED) is 0.320. The van der Waals surface area contributed by atoms with Crippen LogP contribution in [0.3, 0.4) is 0 Å². The van der Waals surface area contributed by atoms with E-state index in [1.165, 1.54) is 36.5 Å². The van der Waals surface area contributed by atoms with Crippen LogP contribution in [0.5, 0.6) is 0 Å². The number of nitrogens with zero attached hydrogens (tertiary/aromatic N) is 4. The molecule has 0 unspecified atom stereocenters. The van der Waals surface area contributed by atoms with E-state index in [-0.39, 0.29) is 22.2 Å². The van der Waals surface area contributed by atoms with Crippen LogP contribution < -0.4 is 30.2 Å². The van der Waals surface area contributed by atoms with Crippen molar-refractivity contribution >= 4 is 44.4 Å². The Kier molecular flexibility index (Phi) is 7.47. The lowest BCUT2D eigenvalue weighted by molar-refractivity contribution is -0.911. The van der Waals surface area contributed by atoms with E-state index in [1.54, 1.807) is 13.1 Å². The molecule has 206 valence electrons. The van der Waals surface area contributed by atoms with Crippen LogP contribution in [-0.2, 0) is 17.1 Å². The summed E-state index contributed by atoms with van der Waals surface area (Å²) in [7, 11) is 0.796. The number of anilines is 3. The van der Waals surface area contributed by atoms with Crippen molar-refractivity contribution in [2.24, 2.45) is 13.0 Å². The first-order valence-corrected chi connectivity index (χ1v) is 15.2. The van der Waals surface area contributed by atoms with Gasteiger partial charge in [-0.05, 0) is 37.5 Å². The molecule has 2 aromatic rings. The summed E-state index contributed by atoms with van der Waals surface area (Å²) in [6.45, 7) is 7.35. The van der Waals surface area contributed by atoms with Gasteiger partial charge in [-0.2, -0.15) is 0 Å². The highest BCUT2D eigenvalue weighted by Crippen LogP contribution is 2.37. The summed E-state index contributed by atoms with van der Waals surface area (Å²) in [6.07, 6.45) is 9.07. The highest BCUT2D eigenvalue weighted by molar-refractivity contribution is 7.92. The number of rotatable bonds is 9. The summed E-state index contributed by atoms with van der Waals surface area (Å²) in [5.41, 5.74) is 8.99. The first-order chi connectivity index (χ1) is 18.1. The number of halogens is 2. The number of nitrogens with one attached hydrogen (secondary N) is 3. The molecular formula is C26H37ClFN7O2S+2. The zero-order chi connectivity index (χ0) is 27.1. The molecule has 1 aromatic carbocycles. The maximum Gasteiger partial charge on any atom is 0.232 e. The van der Waals surface area contributed by atoms with Crippen LogP contribution in [0.25, 0.3) is 5.70 Å². The number of quaternary nitrogens is 1. The molecule has 3 aliphatic rings. The zero-order valence-electron chi connectivity index (χ0n) is 22.2. The highest BCUT2D eigenvalue weighted by atomic mass is 35.5. The maximum atomic E-state index is 14.9. The average Bonchev–Trinajstić information content (AvgIpc) is 3.52. The second-order valence-electron chi connectivity index (χ2n) is 11.0. The van der Waals surface area contributed by atoms with E-state index < -0.39 is 15.8 Å². The Balaban J connectivity index is 1.35. The molecule has 12 heteroatoms. The monoisotopic (exact) mass is 565 g/mol. The van der Waals surface area contributed by atoms with Crippen molar-refractivity contribution in [3.8, 4) is 0 Å². The minimum Gasteiger partial charge on any atom is -0.355 e. The summed E-state index contributed by atoms with van der Waals surface area (Å²) in [5, 5.41) is 1.40. The molecule has 1 saturated carbocycles. The third-order valence-electron chi connectivity index (χ3n) is 7.49. The minimum absolute atomic E-state index is 0.0233. The summed E-state index contributed by atoms with van der Waals surface area (Å²) in [5.74, 6) is 0.284. The fourth-order valence-corrected chi connectivity index (χ4v) is 6.73. The highest BCUT2D eigenvalue weighted by Gasteiger charge is 2.36. The number of likely N-dealkylation sites (N-methyl/N-ethyl adjacent to an activating group) is 1. The molecule has 38 heavy (non-hydrogen) atoms. The molecule has 1 saturated heterocycles. The standard InChI is InChI=1S/C26H37ClFN7O2S/c1-4-13-38(36,37)30-23-8-7-22(28)26(25(23)27)34-17-24(29-31-34)20-14-21(16-32(2)15-20)33-9-11-35(3,12-10-33)18-19-5-6-19/h7-8,14-17,19,29-31H,4-6,9-13,18H2,1-3H3/q+2.